The summed E-state index contributed by atoms with van der Waals surface area (Å²) in [6, 6.07) is 0.686. The maximum Gasteiger partial charge on any atom is 0.308 e. The average Bonchev–Trinajstić information content (AvgIpc) is 2.71. The third kappa shape index (κ3) is 2.99. The van der Waals surface area contributed by atoms with Gasteiger partial charge in [-0.3, -0.25) is 14.6 Å². The molecule has 1 N–H and O–H groups in total. The van der Waals surface area contributed by atoms with Crippen LogP contribution in [0.25, 0.3) is 0 Å². The number of rotatable bonds is 4. The number of fused-ring (bicyclic) bond motifs is 1. The van der Waals surface area contributed by atoms with E-state index in [1.54, 1.807) is 0 Å². The molecule has 0 amide bonds. The zero-order valence-corrected chi connectivity index (χ0v) is 10.9. The maximum atomic E-state index is 11.2. The highest BCUT2D eigenvalue weighted by molar-refractivity contribution is 5.70. The summed E-state index contributed by atoms with van der Waals surface area (Å²) in [6.45, 7) is 9.19. The summed E-state index contributed by atoms with van der Waals surface area (Å²) < 4.78 is 0. The van der Waals surface area contributed by atoms with E-state index in [9.17, 15) is 9.90 Å². The van der Waals surface area contributed by atoms with Crippen LogP contribution in [0.2, 0.25) is 0 Å². The summed E-state index contributed by atoms with van der Waals surface area (Å²) in [5, 5.41) is 9.22. The number of aliphatic carboxylic acids is 1. The molecule has 4 heteroatoms. The molecule has 0 radical (unpaired) electrons. The first kappa shape index (κ1) is 12.8. The van der Waals surface area contributed by atoms with Crippen molar-refractivity contribution in [1.29, 1.82) is 0 Å². The fourth-order valence-electron chi connectivity index (χ4n) is 3.07. The van der Waals surface area contributed by atoms with E-state index in [0.29, 0.717) is 6.04 Å². The summed E-state index contributed by atoms with van der Waals surface area (Å²) in [7, 11) is 0. The fraction of sp³-hybridized carbons (Fsp3) is 0.923. The van der Waals surface area contributed by atoms with Crippen LogP contribution in [0.4, 0.5) is 0 Å². The van der Waals surface area contributed by atoms with E-state index in [4.69, 9.17) is 0 Å². The molecular weight excluding hydrogens is 216 g/mol. The molecule has 2 saturated heterocycles. The van der Waals surface area contributed by atoms with Crippen LogP contribution in [0.5, 0.6) is 0 Å². The van der Waals surface area contributed by atoms with Crippen molar-refractivity contribution in [2.24, 2.45) is 11.8 Å². The Bertz CT molecular complexity index is 281. The molecule has 2 heterocycles. The van der Waals surface area contributed by atoms with Crippen LogP contribution in [0, 0.1) is 11.8 Å². The number of carbonyl (C=O) groups is 1. The molecule has 0 saturated carbocycles. The Kier molecular flexibility index (Phi) is 4.05. The van der Waals surface area contributed by atoms with Gasteiger partial charge in [0.05, 0.1) is 5.92 Å². The first-order valence-corrected chi connectivity index (χ1v) is 6.77. The Morgan fingerprint density at radius 3 is 2.76 bits per heavy atom. The van der Waals surface area contributed by atoms with E-state index in [1.807, 2.05) is 13.8 Å². The minimum Gasteiger partial charge on any atom is -0.481 e. The zero-order chi connectivity index (χ0) is 12.4. The van der Waals surface area contributed by atoms with Crippen molar-refractivity contribution in [2.75, 3.05) is 32.7 Å². The molecule has 2 fully saturated rings. The van der Waals surface area contributed by atoms with Crippen molar-refractivity contribution in [3.8, 4) is 0 Å². The van der Waals surface area contributed by atoms with E-state index >= 15 is 0 Å². The van der Waals surface area contributed by atoms with Crippen molar-refractivity contribution in [3.05, 3.63) is 0 Å². The Morgan fingerprint density at radius 1 is 1.35 bits per heavy atom. The summed E-state index contributed by atoms with van der Waals surface area (Å²) >= 11 is 0. The summed E-state index contributed by atoms with van der Waals surface area (Å²) in [4.78, 5) is 16.1. The number of nitrogens with zero attached hydrogens (tertiary/aromatic N) is 2. The molecule has 0 aliphatic carbocycles. The van der Waals surface area contributed by atoms with Gasteiger partial charge in [-0.2, -0.15) is 0 Å². The molecule has 2 atom stereocenters. The van der Waals surface area contributed by atoms with Crippen LogP contribution in [0.1, 0.15) is 26.7 Å². The first-order chi connectivity index (χ1) is 8.08. The average molecular weight is 240 g/mol. The largest absolute Gasteiger partial charge is 0.481 e. The van der Waals surface area contributed by atoms with E-state index in [1.165, 1.54) is 19.4 Å². The molecule has 2 rings (SSSR count). The normalized spacial score (nSPS) is 28.3. The van der Waals surface area contributed by atoms with Gasteiger partial charge < -0.3 is 5.11 Å². The standard InChI is InChI=1S/C13H24N2O2/c1-10(2)12(13(16)17)9-14-6-7-15-5-3-4-11(15)8-14/h10-12H,3-9H2,1-2H3,(H,16,17). The summed E-state index contributed by atoms with van der Waals surface area (Å²) in [5.74, 6) is -0.647. The first-order valence-electron chi connectivity index (χ1n) is 6.77. The van der Waals surface area contributed by atoms with Gasteiger partial charge in [-0.05, 0) is 25.3 Å². The smallest absolute Gasteiger partial charge is 0.308 e. The molecule has 0 aromatic heterocycles. The lowest BCUT2D eigenvalue weighted by molar-refractivity contribution is -0.144. The van der Waals surface area contributed by atoms with Crippen LogP contribution < -0.4 is 0 Å². The SMILES string of the molecule is CC(C)C(CN1CCN2CCCC2C1)C(=O)O. The Morgan fingerprint density at radius 2 is 2.12 bits per heavy atom. The number of hydrogen-bond donors (Lipinski definition) is 1. The number of hydrogen-bond acceptors (Lipinski definition) is 3. The summed E-state index contributed by atoms with van der Waals surface area (Å²) in [6.07, 6.45) is 2.60. The molecule has 0 aromatic carbocycles. The predicted molar refractivity (Wildman–Crippen MR) is 67.0 cm³/mol. The lowest BCUT2D eigenvalue weighted by atomic mass is 9.95. The summed E-state index contributed by atoms with van der Waals surface area (Å²) in [5.41, 5.74) is 0. The second-order valence-corrected chi connectivity index (χ2v) is 5.78. The van der Waals surface area contributed by atoms with Crippen molar-refractivity contribution in [2.45, 2.75) is 32.7 Å². The lowest BCUT2D eigenvalue weighted by Gasteiger charge is -2.38. The molecule has 0 spiro atoms. The Hall–Kier alpha value is -0.610. The van der Waals surface area contributed by atoms with Gasteiger partial charge in [-0.25, -0.2) is 0 Å². The zero-order valence-electron chi connectivity index (χ0n) is 10.9. The molecular formula is C13H24N2O2. The topological polar surface area (TPSA) is 43.8 Å². The van der Waals surface area contributed by atoms with Gasteiger partial charge in [-0.15, -0.1) is 0 Å². The molecule has 2 unspecified atom stereocenters. The maximum absolute atomic E-state index is 11.2. The highest BCUT2D eigenvalue weighted by Gasteiger charge is 2.33. The van der Waals surface area contributed by atoms with Crippen LogP contribution in [0.3, 0.4) is 0 Å². The van der Waals surface area contributed by atoms with Crippen molar-refractivity contribution < 1.29 is 9.90 Å². The molecule has 2 aliphatic heterocycles. The monoisotopic (exact) mass is 240 g/mol. The van der Waals surface area contributed by atoms with Crippen LogP contribution in [-0.4, -0.2) is 59.6 Å². The van der Waals surface area contributed by atoms with Crippen molar-refractivity contribution >= 4 is 5.97 Å². The molecule has 2 aliphatic rings. The Labute approximate surface area is 104 Å². The second kappa shape index (κ2) is 5.36. The second-order valence-electron chi connectivity index (χ2n) is 5.78. The van der Waals surface area contributed by atoms with Gasteiger partial charge in [-0.1, -0.05) is 13.8 Å². The van der Waals surface area contributed by atoms with Crippen LogP contribution >= 0.6 is 0 Å². The predicted octanol–water partition coefficient (Wildman–Crippen LogP) is 1.12. The van der Waals surface area contributed by atoms with Crippen LogP contribution in [-0.2, 0) is 4.79 Å². The van der Waals surface area contributed by atoms with Gasteiger partial charge in [0.25, 0.3) is 0 Å². The van der Waals surface area contributed by atoms with E-state index in [-0.39, 0.29) is 11.8 Å². The third-order valence-corrected chi connectivity index (χ3v) is 4.25. The van der Waals surface area contributed by atoms with E-state index in [2.05, 4.69) is 9.80 Å². The lowest BCUT2D eigenvalue weighted by Crippen LogP contribution is -2.52. The van der Waals surface area contributed by atoms with E-state index in [0.717, 1.165) is 26.2 Å². The highest BCUT2D eigenvalue weighted by atomic mass is 16.4. The fourth-order valence-corrected chi connectivity index (χ4v) is 3.07. The molecule has 4 nitrogen and oxygen atoms in total. The number of carboxylic acid groups (broad SMARTS) is 1. The van der Waals surface area contributed by atoms with Gasteiger partial charge in [0.1, 0.15) is 0 Å². The van der Waals surface area contributed by atoms with Gasteiger partial charge in [0.15, 0.2) is 0 Å². The van der Waals surface area contributed by atoms with Crippen molar-refractivity contribution in [3.63, 3.8) is 0 Å². The molecule has 98 valence electrons. The van der Waals surface area contributed by atoms with Gasteiger partial charge in [0.2, 0.25) is 0 Å². The highest BCUT2D eigenvalue weighted by Crippen LogP contribution is 2.23. The van der Waals surface area contributed by atoms with Gasteiger partial charge in [0, 0.05) is 32.2 Å². The third-order valence-electron chi connectivity index (χ3n) is 4.25. The number of carboxylic acids is 1. The van der Waals surface area contributed by atoms with Crippen LogP contribution in [0.15, 0.2) is 0 Å². The minimum atomic E-state index is -0.645. The van der Waals surface area contributed by atoms with E-state index < -0.39 is 5.97 Å². The molecule has 17 heavy (non-hydrogen) atoms. The number of piperazine rings is 1. The van der Waals surface area contributed by atoms with Crippen molar-refractivity contribution in [1.82, 2.24) is 9.80 Å². The minimum absolute atomic E-state index is 0.217. The molecule has 0 aromatic rings. The quantitative estimate of drug-likeness (QED) is 0.800. The molecule has 0 bridgehead atoms. The Balaban J connectivity index is 1.88. The van der Waals surface area contributed by atoms with Gasteiger partial charge >= 0.3 is 5.97 Å².